The first-order valence-electron chi connectivity index (χ1n) is 4.87. The summed E-state index contributed by atoms with van der Waals surface area (Å²) in [5.41, 5.74) is 0. The van der Waals surface area contributed by atoms with E-state index < -0.39 is 12.3 Å². The van der Waals surface area contributed by atoms with Crippen molar-refractivity contribution in [3.8, 4) is 5.75 Å². The predicted octanol–water partition coefficient (Wildman–Crippen LogP) is 2.45. The van der Waals surface area contributed by atoms with Gasteiger partial charge >= 0.3 is 12.3 Å². The molecule has 0 aliphatic rings. The van der Waals surface area contributed by atoms with Crippen LogP contribution in [0.2, 0.25) is 0 Å². The third kappa shape index (κ3) is 110. The molecule has 118 valence electrons. The van der Waals surface area contributed by atoms with Crippen LogP contribution in [0.4, 0.5) is 9.59 Å². The molecular weight excluding hydrogens is 274 g/mol. The molecule has 10 nitrogen and oxygen atoms in total. The average Bonchev–Trinajstić information content (AvgIpc) is 2.15. The Morgan fingerprint density at radius 1 is 0.950 bits per heavy atom. The van der Waals surface area contributed by atoms with Crippen molar-refractivity contribution in [2.75, 3.05) is 0 Å². The van der Waals surface area contributed by atoms with Gasteiger partial charge < -0.3 is 31.7 Å². The van der Waals surface area contributed by atoms with E-state index in [-0.39, 0.29) is 11.9 Å². The lowest BCUT2D eigenvalue weighted by Gasteiger charge is -1.81. The lowest BCUT2D eigenvalue weighted by Crippen LogP contribution is -1.81. The zero-order valence-corrected chi connectivity index (χ0v) is 11.5. The van der Waals surface area contributed by atoms with E-state index in [4.69, 9.17) is 35.1 Å². The molecule has 20 heavy (non-hydrogen) atoms. The lowest BCUT2D eigenvalue weighted by atomic mass is 10.3. The molecule has 1 heterocycles. The van der Waals surface area contributed by atoms with Gasteiger partial charge in [-0.05, 0) is 5.92 Å². The molecule has 1 aromatic rings. The number of aromatic hydroxyl groups is 1. The molecule has 0 saturated carbocycles. The van der Waals surface area contributed by atoms with Crippen LogP contribution in [-0.2, 0) is 0 Å². The molecular formula is C10H21N3O7. The van der Waals surface area contributed by atoms with E-state index in [1.165, 1.54) is 18.7 Å². The number of nitrogens with zero attached hydrogens (tertiary/aromatic N) is 2. The minimum absolute atomic E-state index is 0. The summed E-state index contributed by atoms with van der Waals surface area (Å²) in [4.78, 5) is 24.2. The van der Waals surface area contributed by atoms with Gasteiger partial charge in [-0.15, -0.1) is 0 Å². The molecule has 0 bridgehead atoms. The molecule has 1 aromatic heterocycles. The zero-order valence-electron chi connectivity index (χ0n) is 11.5. The van der Waals surface area contributed by atoms with E-state index in [2.05, 4.69) is 30.7 Å². The number of hydrogen-bond acceptors (Lipinski definition) is 6. The van der Waals surface area contributed by atoms with Gasteiger partial charge in [-0.1, -0.05) is 20.8 Å². The third-order valence-electron chi connectivity index (χ3n) is 0.547. The molecule has 1 rings (SSSR count). The lowest BCUT2D eigenvalue weighted by molar-refractivity contribution is 0.135. The normalized spacial score (nSPS) is 7.20. The largest absolute Gasteiger partial charge is 0.505 e. The van der Waals surface area contributed by atoms with Gasteiger partial charge in [0.15, 0.2) is 5.75 Å². The molecule has 8 N–H and O–H groups in total. The predicted molar refractivity (Wildman–Crippen MR) is 70.5 cm³/mol. The molecule has 0 aliphatic heterocycles. The van der Waals surface area contributed by atoms with Gasteiger partial charge in [0.2, 0.25) is 0 Å². The molecule has 0 fully saturated rings. The van der Waals surface area contributed by atoms with Crippen LogP contribution in [0.25, 0.3) is 0 Å². The fourth-order valence-electron chi connectivity index (χ4n) is 0.291. The zero-order chi connectivity index (χ0) is 15.8. The quantitative estimate of drug-likeness (QED) is 0.413. The molecule has 0 amide bonds. The van der Waals surface area contributed by atoms with Crippen LogP contribution in [0.15, 0.2) is 18.7 Å². The second kappa shape index (κ2) is 18.7. The van der Waals surface area contributed by atoms with Crippen LogP contribution in [0.1, 0.15) is 20.8 Å². The van der Waals surface area contributed by atoms with Crippen molar-refractivity contribution in [1.82, 2.24) is 16.1 Å². The second-order valence-electron chi connectivity index (χ2n) is 3.39. The van der Waals surface area contributed by atoms with E-state index in [9.17, 15) is 0 Å². The number of aromatic nitrogens is 2. The summed E-state index contributed by atoms with van der Waals surface area (Å²) in [7, 11) is 0. The van der Waals surface area contributed by atoms with Crippen LogP contribution in [-0.4, -0.2) is 47.8 Å². The minimum atomic E-state index is -1.83. The molecule has 0 saturated heterocycles. The Morgan fingerprint density at radius 2 is 1.15 bits per heavy atom. The Labute approximate surface area is 116 Å². The minimum Gasteiger partial charge on any atom is -0.505 e. The Kier molecular flexibility index (Phi) is 24.4. The van der Waals surface area contributed by atoms with Gasteiger partial charge in [0.05, 0.1) is 12.4 Å². The van der Waals surface area contributed by atoms with Gasteiger partial charge in [0.25, 0.3) is 0 Å². The highest BCUT2D eigenvalue weighted by Gasteiger charge is 1.77. The average molecular weight is 295 g/mol. The van der Waals surface area contributed by atoms with Crippen LogP contribution < -0.4 is 6.15 Å². The van der Waals surface area contributed by atoms with Gasteiger partial charge in [-0.2, -0.15) is 0 Å². The number of carbonyl (C=O) groups is 2. The summed E-state index contributed by atoms with van der Waals surface area (Å²) in [5, 5.41) is 36.4. The Morgan fingerprint density at radius 3 is 1.25 bits per heavy atom. The van der Waals surface area contributed by atoms with Crippen LogP contribution in [0.3, 0.4) is 0 Å². The first-order chi connectivity index (χ1) is 8.59. The Balaban J connectivity index is -0.0000000881. The fraction of sp³-hybridized carbons (Fsp3) is 0.400. The highest BCUT2D eigenvalue weighted by atomic mass is 16.6. The molecule has 10 heteroatoms. The van der Waals surface area contributed by atoms with Gasteiger partial charge in [-0.3, -0.25) is 0 Å². The van der Waals surface area contributed by atoms with E-state index in [1.807, 2.05) is 0 Å². The summed E-state index contributed by atoms with van der Waals surface area (Å²) in [5.74, 6) is 0.933. The summed E-state index contributed by atoms with van der Waals surface area (Å²) in [6.07, 6.45) is 0.347. The van der Waals surface area contributed by atoms with Gasteiger partial charge in [-0.25, -0.2) is 19.6 Å². The summed E-state index contributed by atoms with van der Waals surface area (Å²) < 4.78 is 0. The van der Waals surface area contributed by atoms with Gasteiger partial charge in [0, 0.05) is 0 Å². The van der Waals surface area contributed by atoms with E-state index in [0.29, 0.717) is 0 Å². The number of carboxylic acid groups (broad SMARTS) is 4. The number of rotatable bonds is 0. The van der Waals surface area contributed by atoms with E-state index in [1.54, 1.807) is 0 Å². The molecule has 0 aliphatic carbocycles. The SMILES string of the molecule is CC(C)C.N.O=C(O)O.O=C(O)O.Oc1cncnc1. The summed E-state index contributed by atoms with van der Waals surface area (Å²) in [6, 6.07) is 0. The molecule has 0 unspecified atom stereocenters. The molecule has 0 aromatic carbocycles. The highest BCUT2D eigenvalue weighted by Crippen LogP contribution is 1.96. The first-order valence-corrected chi connectivity index (χ1v) is 4.87. The highest BCUT2D eigenvalue weighted by molar-refractivity contribution is 5.53. The van der Waals surface area contributed by atoms with E-state index >= 15 is 0 Å². The van der Waals surface area contributed by atoms with Crippen molar-refractivity contribution in [2.45, 2.75) is 20.8 Å². The maximum Gasteiger partial charge on any atom is 0.503 e. The van der Waals surface area contributed by atoms with Crippen LogP contribution in [0.5, 0.6) is 5.75 Å². The van der Waals surface area contributed by atoms with Crippen molar-refractivity contribution in [3.05, 3.63) is 18.7 Å². The van der Waals surface area contributed by atoms with Crippen LogP contribution in [0, 0.1) is 5.92 Å². The fourth-order valence-corrected chi connectivity index (χ4v) is 0.291. The van der Waals surface area contributed by atoms with Crippen molar-refractivity contribution >= 4 is 12.3 Å². The Bertz CT molecular complexity index is 310. The number of hydrogen-bond donors (Lipinski definition) is 6. The monoisotopic (exact) mass is 295 g/mol. The maximum atomic E-state index is 8.56. The molecule has 0 radical (unpaired) electrons. The molecule has 0 atom stereocenters. The summed E-state index contributed by atoms with van der Waals surface area (Å²) >= 11 is 0. The van der Waals surface area contributed by atoms with Crippen molar-refractivity contribution in [3.63, 3.8) is 0 Å². The van der Waals surface area contributed by atoms with E-state index in [0.717, 1.165) is 5.92 Å². The van der Waals surface area contributed by atoms with Crippen molar-refractivity contribution < 1.29 is 35.1 Å². The Hall–Kier alpha value is -2.62. The topological polar surface area (TPSA) is 196 Å². The van der Waals surface area contributed by atoms with Gasteiger partial charge in [0.1, 0.15) is 6.33 Å². The van der Waals surface area contributed by atoms with Crippen LogP contribution >= 0.6 is 0 Å². The smallest absolute Gasteiger partial charge is 0.503 e. The second-order valence-corrected chi connectivity index (χ2v) is 3.39. The third-order valence-corrected chi connectivity index (χ3v) is 0.547. The maximum absolute atomic E-state index is 8.56. The first kappa shape index (κ1) is 26.0. The van der Waals surface area contributed by atoms with Crippen molar-refractivity contribution in [1.29, 1.82) is 0 Å². The molecule has 0 spiro atoms. The standard InChI is InChI=1S/C4H4N2O.C4H10.2CH2O3.H3N/c7-4-1-5-3-6-2-4;1-4(2)3;2*2-1(3)4;/h1-3,7H;4H,1-3H3;2*(H2,2,3,4);1H3. The van der Waals surface area contributed by atoms with Crippen molar-refractivity contribution in [2.24, 2.45) is 5.92 Å². The summed E-state index contributed by atoms with van der Waals surface area (Å²) in [6.45, 7) is 6.50.